The van der Waals surface area contributed by atoms with Crippen LogP contribution in [-0.2, 0) is 4.79 Å². The highest BCUT2D eigenvalue weighted by Gasteiger charge is 2.21. The summed E-state index contributed by atoms with van der Waals surface area (Å²) in [4.78, 5) is 14.1. The van der Waals surface area contributed by atoms with Crippen LogP contribution < -0.4 is 5.32 Å². The minimum atomic E-state index is -0.189. The molecule has 1 amide bonds. The molecule has 1 N–H and O–H groups in total. The topological polar surface area (TPSA) is 32.3 Å². The Labute approximate surface area is 104 Å². The predicted octanol–water partition coefficient (Wildman–Crippen LogP) is 1.54. The van der Waals surface area contributed by atoms with Crippen LogP contribution >= 0.6 is 12.6 Å². The molecule has 0 bridgehead atoms. The Hall–Kier alpha value is -0.220. The average Bonchev–Trinajstić information content (AvgIpc) is 2.77. The normalized spacial score (nSPS) is 21.1. The smallest absolute Gasteiger partial charge is 0.233 e. The first-order chi connectivity index (χ1) is 7.52. The summed E-state index contributed by atoms with van der Waals surface area (Å²) in [6, 6.07) is 0.444. The highest BCUT2D eigenvalue weighted by molar-refractivity contribution is 7.81. The molecule has 4 heteroatoms. The van der Waals surface area contributed by atoms with Crippen LogP contribution in [0.2, 0.25) is 0 Å². The number of hydrogen-bond acceptors (Lipinski definition) is 3. The van der Waals surface area contributed by atoms with Crippen molar-refractivity contribution in [3.63, 3.8) is 0 Å². The molecule has 1 rings (SSSR count). The largest absolute Gasteiger partial charge is 0.354 e. The predicted molar refractivity (Wildman–Crippen MR) is 70.9 cm³/mol. The molecule has 0 aromatic rings. The molecule has 1 heterocycles. The molecule has 0 spiro atoms. The third-order valence-electron chi connectivity index (χ3n) is 3.24. The quantitative estimate of drug-likeness (QED) is 0.719. The summed E-state index contributed by atoms with van der Waals surface area (Å²) in [6.07, 6.45) is 2.58. The highest BCUT2D eigenvalue weighted by Crippen LogP contribution is 2.12. The average molecular weight is 244 g/mol. The van der Waals surface area contributed by atoms with E-state index in [4.69, 9.17) is 0 Å². The second-order valence-electron chi connectivity index (χ2n) is 5.03. The third kappa shape index (κ3) is 3.98. The van der Waals surface area contributed by atoms with E-state index in [1.54, 1.807) is 0 Å². The lowest BCUT2D eigenvalue weighted by Crippen LogP contribution is -2.43. The minimum absolute atomic E-state index is 0.0596. The first-order valence-electron chi connectivity index (χ1n) is 6.22. The lowest BCUT2D eigenvalue weighted by molar-refractivity contribution is -0.121. The number of rotatable bonds is 5. The zero-order valence-electron chi connectivity index (χ0n) is 10.6. The Morgan fingerprint density at radius 1 is 1.31 bits per heavy atom. The number of amides is 1. The van der Waals surface area contributed by atoms with Crippen LogP contribution in [0, 0.1) is 5.92 Å². The van der Waals surface area contributed by atoms with Crippen molar-refractivity contribution in [3.05, 3.63) is 0 Å². The molecule has 0 saturated carbocycles. The molecule has 0 radical (unpaired) electrons. The van der Waals surface area contributed by atoms with Crippen LogP contribution in [-0.4, -0.2) is 41.7 Å². The van der Waals surface area contributed by atoms with Gasteiger partial charge in [0, 0.05) is 12.6 Å². The van der Waals surface area contributed by atoms with Gasteiger partial charge in [0.25, 0.3) is 0 Å². The monoisotopic (exact) mass is 244 g/mol. The van der Waals surface area contributed by atoms with Crippen LogP contribution in [0.1, 0.15) is 33.6 Å². The lowest BCUT2D eigenvalue weighted by Gasteiger charge is -2.25. The summed E-state index contributed by atoms with van der Waals surface area (Å²) in [7, 11) is 0. The van der Waals surface area contributed by atoms with Gasteiger partial charge in [-0.05, 0) is 38.8 Å². The van der Waals surface area contributed by atoms with Gasteiger partial charge in [-0.25, -0.2) is 0 Å². The van der Waals surface area contributed by atoms with Gasteiger partial charge in [-0.15, -0.1) is 0 Å². The van der Waals surface area contributed by atoms with Crippen LogP contribution in [0.25, 0.3) is 0 Å². The molecular weight excluding hydrogens is 220 g/mol. The maximum Gasteiger partial charge on any atom is 0.233 e. The maximum atomic E-state index is 11.7. The molecule has 2 unspecified atom stereocenters. The molecule has 1 fully saturated rings. The van der Waals surface area contributed by atoms with Crippen molar-refractivity contribution in [3.8, 4) is 0 Å². The fourth-order valence-corrected chi connectivity index (χ4v) is 2.06. The lowest BCUT2D eigenvalue weighted by atomic mass is 10.1. The summed E-state index contributed by atoms with van der Waals surface area (Å²) in [5, 5.41) is 2.79. The highest BCUT2D eigenvalue weighted by atomic mass is 32.1. The molecular formula is C12H24N2OS. The Kier molecular flexibility index (Phi) is 5.62. The van der Waals surface area contributed by atoms with Crippen LogP contribution in [0.4, 0.5) is 0 Å². The van der Waals surface area contributed by atoms with E-state index in [9.17, 15) is 4.79 Å². The van der Waals surface area contributed by atoms with Gasteiger partial charge in [-0.1, -0.05) is 13.8 Å². The fourth-order valence-electron chi connectivity index (χ4n) is 1.97. The van der Waals surface area contributed by atoms with E-state index in [0.29, 0.717) is 6.04 Å². The zero-order chi connectivity index (χ0) is 12.1. The maximum absolute atomic E-state index is 11.7. The fraction of sp³-hybridized carbons (Fsp3) is 0.917. The number of likely N-dealkylation sites (tertiary alicyclic amines) is 1. The third-order valence-corrected chi connectivity index (χ3v) is 4.07. The van der Waals surface area contributed by atoms with Gasteiger partial charge in [-0.2, -0.15) is 12.6 Å². The van der Waals surface area contributed by atoms with Crippen molar-refractivity contribution in [2.45, 2.75) is 44.9 Å². The zero-order valence-corrected chi connectivity index (χ0v) is 11.5. The number of carbonyl (C=O) groups excluding carboxylic acids is 1. The van der Waals surface area contributed by atoms with E-state index in [2.05, 4.69) is 29.8 Å². The number of nitrogens with one attached hydrogen (secondary N) is 1. The summed E-state index contributed by atoms with van der Waals surface area (Å²) in [6.45, 7) is 9.29. The molecule has 2 atom stereocenters. The second kappa shape index (κ2) is 6.50. The van der Waals surface area contributed by atoms with E-state index in [1.165, 1.54) is 25.9 Å². The molecule has 94 valence electrons. The van der Waals surface area contributed by atoms with Crippen molar-refractivity contribution in [2.75, 3.05) is 19.6 Å². The van der Waals surface area contributed by atoms with Crippen LogP contribution in [0.5, 0.6) is 0 Å². The Morgan fingerprint density at radius 2 is 1.88 bits per heavy atom. The molecule has 1 aliphatic rings. The summed E-state index contributed by atoms with van der Waals surface area (Å²) in [5.41, 5.74) is 0. The Morgan fingerprint density at radius 3 is 2.38 bits per heavy atom. The molecule has 1 aliphatic heterocycles. The van der Waals surface area contributed by atoms with E-state index < -0.39 is 0 Å². The first-order valence-corrected chi connectivity index (χ1v) is 6.74. The Balaban J connectivity index is 2.25. The number of carbonyl (C=O) groups is 1. The molecule has 0 aromatic carbocycles. The SMILES string of the molecule is CC(C)C(S)C(=O)NCC(C)N1CCCC1. The molecule has 1 saturated heterocycles. The summed E-state index contributed by atoms with van der Waals surface area (Å²) >= 11 is 4.31. The van der Waals surface area contributed by atoms with Crippen LogP contribution in [0.3, 0.4) is 0 Å². The van der Waals surface area contributed by atoms with E-state index in [-0.39, 0.29) is 17.1 Å². The van der Waals surface area contributed by atoms with Crippen molar-refractivity contribution < 1.29 is 4.79 Å². The summed E-state index contributed by atoms with van der Waals surface area (Å²) < 4.78 is 0. The van der Waals surface area contributed by atoms with E-state index in [0.717, 1.165) is 6.54 Å². The minimum Gasteiger partial charge on any atom is -0.354 e. The second-order valence-corrected chi connectivity index (χ2v) is 5.58. The van der Waals surface area contributed by atoms with Gasteiger partial charge in [0.1, 0.15) is 0 Å². The van der Waals surface area contributed by atoms with Crippen molar-refractivity contribution in [1.82, 2.24) is 10.2 Å². The number of thiol groups is 1. The van der Waals surface area contributed by atoms with E-state index in [1.807, 2.05) is 13.8 Å². The van der Waals surface area contributed by atoms with Gasteiger partial charge < -0.3 is 5.32 Å². The Bertz CT molecular complexity index is 227. The molecule has 16 heavy (non-hydrogen) atoms. The standard InChI is InChI=1S/C12H24N2OS/c1-9(2)11(16)12(15)13-8-10(3)14-6-4-5-7-14/h9-11,16H,4-8H2,1-3H3,(H,13,15). The van der Waals surface area contributed by atoms with Crippen molar-refractivity contribution in [1.29, 1.82) is 0 Å². The summed E-state index contributed by atoms with van der Waals surface area (Å²) in [5.74, 6) is 0.342. The van der Waals surface area contributed by atoms with Gasteiger partial charge in [0.2, 0.25) is 5.91 Å². The first kappa shape index (κ1) is 13.8. The van der Waals surface area contributed by atoms with Gasteiger partial charge in [0.15, 0.2) is 0 Å². The van der Waals surface area contributed by atoms with Crippen molar-refractivity contribution >= 4 is 18.5 Å². The molecule has 3 nitrogen and oxygen atoms in total. The van der Waals surface area contributed by atoms with Gasteiger partial charge in [0.05, 0.1) is 5.25 Å². The molecule has 0 aliphatic carbocycles. The van der Waals surface area contributed by atoms with E-state index >= 15 is 0 Å². The van der Waals surface area contributed by atoms with Gasteiger partial charge >= 0.3 is 0 Å². The van der Waals surface area contributed by atoms with Gasteiger partial charge in [-0.3, -0.25) is 9.69 Å². The molecule has 0 aromatic heterocycles. The van der Waals surface area contributed by atoms with Crippen molar-refractivity contribution in [2.24, 2.45) is 5.92 Å². The number of hydrogen-bond donors (Lipinski definition) is 2. The van der Waals surface area contributed by atoms with Crippen LogP contribution in [0.15, 0.2) is 0 Å². The number of nitrogens with zero attached hydrogens (tertiary/aromatic N) is 1.